The molecule has 0 bridgehead atoms. The Kier molecular flexibility index (Phi) is 7.47. The molecule has 208 valence electrons. The average molecular weight is 546 g/mol. The highest BCUT2D eigenvalue weighted by atomic mass is 19.4. The SMILES string of the molecule is Cn1cnnc1CC1(c2cccc(N3Cc4c(cc(CNCC(O)CCO)cc4C(F)(F)F)C3=O)c2)COC1. The number of rotatable bonds is 10. The molecule has 2 aromatic carbocycles. The van der Waals surface area contributed by atoms with Gasteiger partial charge in [-0.3, -0.25) is 4.79 Å². The highest BCUT2D eigenvalue weighted by Gasteiger charge is 2.43. The Bertz CT molecular complexity index is 1360. The number of carbonyl (C=O) groups excluding carboxylic acids is 1. The summed E-state index contributed by atoms with van der Waals surface area (Å²) in [4.78, 5) is 14.8. The van der Waals surface area contributed by atoms with Crippen molar-refractivity contribution in [3.63, 3.8) is 0 Å². The van der Waals surface area contributed by atoms with E-state index in [1.54, 1.807) is 18.5 Å². The number of anilines is 1. The predicted octanol–water partition coefficient (Wildman–Crippen LogP) is 2.34. The van der Waals surface area contributed by atoms with Gasteiger partial charge in [-0.1, -0.05) is 12.1 Å². The van der Waals surface area contributed by atoms with Crippen molar-refractivity contribution in [2.75, 3.05) is 31.3 Å². The number of fused-ring (bicyclic) bond motifs is 1. The van der Waals surface area contributed by atoms with E-state index in [2.05, 4.69) is 15.5 Å². The van der Waals surface area contributed by atoms with Crippen LogP contribution in [0.2, 0.25) is 0 Å². The minimum atomic E-state index is -4.64. The van der Waals surface area contributed by atoms with Crippen molar-refractivity contribution < 1.29 is 32.9 Å². The first-order valence-corrected chi connectivity index (χ1v) is 12.7. The number of aromatic nitrogens is 3. The molecule has 2 aliphatic rings. The molecule has 1 amide bonds. The number of hydrogen-bond donors (Lipinski definition) is 3. The Hall–Kier alpha value is -3.32. The summed E-state index contributed by atoms with van der Waals surface area (Å²) in [5, 5.41) is 29.7. The quantitative estimate of drug-likeness (QED) is 0.359. The van der Waals surface area contributed by atoms with Gasteiger partial charge in [-0.15, -0.1) is 10.2 Å². The standard InChI is InChI=1S/C27H30F3N5O4/c1-34-16-32-33-24(34)10-26(14-39-15-26)18-3-2-4-19(9-18)35-13-22-21(25(35)38)7-17(8-23(22)27(28,29)30)11-31-12-20(37)5-6-36/h2-4,7-9,16,20,31,36-37H,5-6,10-15H2,1H3. The van der Waals surface area contributed by atoms with Crippen molar-refractivity contribution in [1.29, 1.82) is 0 Å². The monoisotopic (exact) mass is 545 g/mol. The Balaban J connectivity index is 1.41. The number of benzene rings is 2. The van der Waals surface area contributed by atoms with Gasteiger partial charge in [0, 0.05) is 49.8 Å². The van der Waals surface area contributed by atoms with E-state index in [0.717, 1.165) is 17.5 Å². The molecular weight excluding hydrogens is 515 g/mol. The van der Waals surface area contributed by atoms with Crippen LogP contribution in [-0.4, -0.2) is 63.4 Å². The molecule has 0 saturated carbocycles. The van der Waals surface area contributed by atoms with Gasteiger partial charge in [-0.05, 0) is 47.4 Å². The second-order valence-corrected chi connectivity index (χ2v) is 10.2. The van der Waals surface area contributed by atoms with Crippen LogP contribution >= 0.6 is 0 Å². The zero-order valence-corrected chi connectivity index (χ0v) is 21.4. The molecule has 0 radical (unpaired) electrons. The van der Waals surface area contributed by atoms with Gasteiger partial charge in [0.1, 0.15) is 12.2 Å². The van der Waals surface area contributed by atoms with Gasteiger partial charge in [-0.2, -0.15) is 13.2 Å². The van der Waals surface area contributed by atoms with Crippen molar-refractivity contribution in [2.24, 2.45) is 7.05 Å². The summed E-state index contributed by atoms with van der Waals surface area (Å²) in [6, 6.07) is 9.85. The summed E-state index contributed by atoms with van der Waals surface area (Å²) in [5.41, 5.74) is 0.467. The van der Waals surface area contributed by atoms with Gasteiger partial charge in [0.05, 0.1) is 31.4 Å². The molecule has 1 atom stereocenters. The third-order valence-electron chi connectivity index (χ3n) is 7.41. The van der Waals surface area contributed by atoms with Gasteiger partial charge in [0.15, 0.2) is 0 Å². The molecule has 9 nitrogen and oxygen atoms in total. The van der Waals surface area contributed by atoms with Crippen LogP contribution in [0.1, 0.15) is 44.9 Å². The van der Waals surface area contributed by atoms with Crippen LogP contribution in [0.25, 0.3) is 0 Å². The number of halogens is 3. The maximum absolute atomic E-state index is 14.1. The summed E-state index contributed by atoms with van der Waals surface area (Å²) in [6.07, 6.45) is -3.11. The lowest BCUT2D eigenvalue weighted by atomic mass is 9.75. The first-order chi connectivity index (χ1) is 18.6. The van der Waals surface area contributed by atoms with Crippen molar-refractivity contribution in [3.8, 4) is 0 Å². The lowest BCUT2D eigenvalue weighted by Gasteiger charge is -2.42. The van der Waals surface area contributed by atoms with E-state index >= 15 is 0 Å². The average Bonchev–Trinajstić information content (AvgIpc) is 3.43. The second-order valence-electron chi connectivity index (χ2n) is 10.2. The normalized spacial score (nSPS) is 17.3. The molecule has 1 aromatic heterocycles. The first-order valence-electron chi connectivity index (χ1n) is 12.7. The Labute approximate surface area is 223 Å². The van der Waals surface area contributed by atoms with Crippen LogP contribution < -0.4 is 10.2 Å². The summed E-state index contributed by atoms with van der Waals surface area (Å²) in [7, 11) is 1.86. The molecule has 3 heterocycles. The molecule has 2 aliphatic heterocycles. The number of aryl methyl sites for hydroxylation is 1. The number of aliphatic hydroxyl groups is 2. The van der Waals surface area contributed by atoms with Crippen molar-refractivity contribution in [2.45, 2.75) is 43.6 Å². The van der Waals surface area contributed by atoms with Crippen molar-refractivity contribution in [1.82, 2.24) is 20.1 Å². The lowest BCUT2D eigenvalue weighted by Crippen LogP contribution is -2.49. The van der Waals surface area contributed by atoms with E-state index in [4.69, 9.17) is 9.84 Å². The van der Waals surface area contributed by atoms with Crippen LogP contribution in [0.15, 0.2) is 42.7 Å². The third kappa shape index (κ3) is 5.42. The summed E-state index contributed by atoms with van der Waals surface area (Å²) >= 11 is 0. The Morgan fingerprint density at radius 3 is 2.67 bits per heavy atom. The fourth-order valence-electron chi connectivity index (χ4n) is 5.16. The van der Waals surface area contributed by atoms with Crippen molar-refractivity contribution in [3.05, 3.63) is 76.4 Å². The first kappa shape index (κ1) is 27.3. The van der Waals surface area contributed by atoms with Gasteiger partial charge in [-0.25, -0.2) is 0 Å². The number of nitrogens with one attached hydrogen (secondary N) is 1. The molecule has 3 aromatic rings. The molecule has 0 aliphatic carbocycles. The van der Waals surface area contributed by atoms with Crippen LogP contribution in [-0.2, 0) is 42.9 Å². The number of ether oxygens (including phenoxy) is 1. The highest BCUT2D eigenvalue weighted by molar-refractivity contribution is 6.10. The maximum Gasteiger partial charge on any atom is 0.416 e. The minimum Gasteiger partial charge on any atom is -0.396 e. The Morgan fingerprint density at radius 2 is 2.03 bits per heavy atom. The molecule has 1 fully saturated rings. The molecule has 5 rings (SSSR count). The van der Waals surface area contributed by atoms with E-state index in [-0.39, 0.29) is 54.8 Å². The largest absolute Gasteiger partial charge is 0.416 e. The zero-order valence-electron chi connectivity index (χ0n) is 21.4. The third-order valence-corrected chi connectivity index (χ3v) is 7.41. The molecule has 0 spiro atoms. The van der Waals surface area contributed by atoms with Crippen LogP contribution in [0.4, 0.5) is 18.9 Å². The van der Waals surface area contributed by atoms with E-state index in [1.807, 2.05) is 23.7 Å². The van der Waals surface area contributed by atoms with Gasteiger partial charge in [0.25, 0.3) is 5.91 Å². The molecule has 39 heavy (non-hydrogen) atoms. The molecule has 1 saturated heterocycles. The molecule has 12 heteroatoms. The van der Waals surface area contributed by atoms with Gasteiger partial charge in [0.2, 0.25) is 0 Å². The fraction of sp³-hybridized carbons (Fsp3) is 0.444. The van der Waals surface area contributed by atoms with E-state index in [9.17, 15) is 23.1 Å². The smallest absolute Gasteiger partial charge is 0.396 e. The number of alkyl halides is 3. The maximum atomic E-state index is 14.1. The zero-order chi connectivity index (χ0) is 27.8. The second kappa shape index (κ2) is 10.7. The number of carbonyl (C=O) groups is 1. The molecule has 3 N–H and O–H groups in total. The van der Waals surface area contributed by atoms with E-state index in [1.165, 1.54) is 11.0 Å². The summed E-state index contributed by atoms with van der Waals surface area (Å²) < 4.78 is 49.6. The van der Waals surface area contributed by atoms with Crippen LogP contribution in [0.5, 0.6) is 0 Å². The number of nitrogens with zero attached hydrogens (tertiary/aromatic N) is 4. The van der Waals surface area contributed by atoms with Gasteiger partial charge >= 0.3 is 6.18 Å². The summed E-state index contributed by atoms with van der Waals surface area (Å²) in [6.45, 7) is 0.665. The minimum absolute atomic E-state index is 0.0173. The van der Waals surface area contributed by atoms with Crippen LogP contribution in [0, 0.1) is 0 Å². The summed E-state index contributed by atoms with van der Waals surface area (Å²) in [5.74, 6) is 0.287. The molecule has 1 unspecified atom stereocenters. The lowest BCUT2D eigenvalue weighted by molar-refractivity contribution is -0.138. The predicted molar refractivity (Wildman–Crippen MR) is 135 cm³/mol. The number of aliphatic hydroxyl groups excluding tert-OH is 2. The van der Waals surface area contributed by atoms with E-state index < -0.39 is 23.8 Å². The van der Waals surface area contributed by atoms with E-state index in [0.29, 0.717) is 25.3 Å². The highest BCUT2D eigenvalue weighted by Crippen LogP contribution is 2.41. The number of hydrogen-bond acceptors (Lipinski definition) is 7. The molecular formula is C27H30F3N5O4. The number of amides is 1. The Morgan fingerprint density at radius 1 is 1.23 bits per heavy atom. The topological polar surface area (TPSA) is 113 Å². The fourth-order valence-corrected chi connectivity index (χ4v) is 5.16. The van der Waals surface area contributed by atoms with Crippen molar-refractivity contribution >= 4 is 11.6 Å². The van der Waals surface area contributed by atoms with Gasteiger partial charge < -0.3 is 29.7 Å². The van der Waals surface area contributed by atoms with Crippen LogP contribution in [0.3, 0.4) is 0 Å².